The van der Waals surface area contributed by atoms with Crippen molar-refractivity contribution in [2.45, 2.75) is 51.7 Å². The smallest absolute Gasteiger partial charge is 0.412 e. The number of carbonyl (C=O) groups excluding carboxylic acids is 1. The van der Waals surface area contributed by atoms with Crippen molar-refractivity contribution in [3.8, 4) is 0 Å². The van der Waals surface area contributed by atoms with Gasteiger partial charge in [-0.15, -0.1) is 0 Å². The van der Waals surface area contributed by atoms with Gasteiger partial charge in [-0.1, -0.05) is 18.2 Å². The Morgan fingerprint density at radius 3 is 2.80 bits per heavy atom. The molecule has 3 N–H and O–H groups in total. The van der Waals surface area contributed by atoms with Crippen LogP contribution >= 0.6 is 0 Å². The molecule has 1 aromatic heterocycles. The standard InChI is InChI=1S/C23H26N4O3/c1-23(2,3)30-22(29)24-15-11-12-16-14(13-15)7-6-10-18(16)25-21-26-19-9-5-4-8-17(19)20(28)27-21/h4-5,8-9,11-13,18H,6-7,10H2,1-3H3,(H,24,29)(H2,25,26,27,28). The summed E-state index contributed by atoms with van der Waals surface area (Å²) in [4.78, 5) is 31.8. The minimum Gasteiger partial charge on any atom is -0.444 e. The molecule has 7 nitrogen and oxygen atoms in total. The zero-order valence-corrected chi connectivity index (χ0v) is 17.4. The summed E-state index contributed by atoms with van der Waals surface area (Å²) in [6.07, 6.45) is 2.39. The van der Waals surface area contributed by atoms with Crippen LogP contribution in [0.1, 0.15) is 50.8 Å². The van der Waals surface area contributed by atoms with Gasteiger partial charge in [-0.3, -0.25) is 15.1 Å². The molecule has 0 bridgehead atoms. The highest BCUT2D eigenvalue weighted by molar-refractivity contribution is 5.85. The third kappa shape index (κ3) is 4.45. The van der Waals surface area contributed by atoms with E-state index in [1.807, 2.05) is 57.2 Å². The van der Waals surface area contributed by atoms with E-state index in [2.05, 4.69) is 20.6 Å². The van der Waals surface area contributed by atoms with Crippen LogP contribution in [0.4, 0.5) is 16.4 Å². The molecule has 4 rings (SSSR count). The number of H-pyrrole nitrogens is 1. The molecule has 0 spiro atoms. The lowest BCUT2D eigenvalue weighted by atomic mass is 9.87. The molecule has 1 atom stereocenters. The van der Waals surface area contributed by atoms with Gasteiger partial charge >= 0.3 is 6.09 Å². The molecule has 0 fully saturated rings. The van der Waals surface area contributed by atoms with Crippen molar-refractivity contribution < 1.29 is 9.53 Å². The topological polar surface area (TPSA) is 96.1 Å². The maximum Gasteiger partial charge on any atom is 0.412 e. The first-order valence-corrected chi connectivity index (χ1v) is 10.2. The minimum atomic E-state index is -0.545. The number of ether oxygens (including phenoxy) is 1. The molecule has 7 heteroatoms. The van der Waals surface area contributed by atoms with Crippen molar-refractivity contribution in [2.24, 2.45) is 0 Å². The van der Waals surface area contributed by atoms with Gasteiger partial charge in [0, 0.05) is 5.69 Å². The van der Waals surface area contributed by atoms with E-state index in [1.54, 1.807) is 6.07 Å². The maximum atomic E-state index is 12.3. The van der Waals surface area contributed by atoms with Crippen LogP contribution in [0.3, 0.4) is 0 Å². The van der Waals surface area contributed by atoms with Crippen LogP contribution in [0.15, 0.2) is 47.3 Å². The normalized spacial score (nSPS) is 16.0. The molecule has 1 heterocycles. The van der Waals surface area contributed by atoms with Crippen LogP contribution in [0, 0.1) is 0 Å². The second kappa shape index (κ2) is 7.82. The number of rotatable bonds is 3. The van der Waals surface area contributed by atoms with Gasteiger partial charge < -0.3 is 10.1 Å². The lowest BCUT2D eigenvalue weighted by Gasteiger charge is -2.27. The first-order valence-electron chi connectivity index (χ1n) is 10.2. The Balaban J connectivity index is 1.54. The van der Waals surface area contributed by atoms with Crippen LogP contribution in [0.25, 0.3) is 10.9 Å². The molecule has 1 aliphatic carbocycles. The van der Waals surface area contributed by atoms with Gasteiger partial charge in [0.15, 0.2) is 0 Å². The zero-order chi connectivity index (χ0) is 21.3. The predicted octanol–water partition coefficient (Wildman–Crippen LogP) is 4.76. The average molecular weight is 406 g/mol. The van der Waals surface area contributed by atoms with E-state index >= 15 is 0 Å². The summed E-state index contributed by atoms with van der Waals surface area (Å²) < 4.78 is 5.33. The summed E-state index contributed by atoms with van der Waals surface area (Å²) >= 11 is 0. The number of nitrogens with one attached hydrogen (secondary N) is 3. The van der Waals surface area contributed by atoms with Crippen molar-refractivity contribution in [2.75, 3.05) is 10.6 Å². The number of carbonyl (C=O) groups is 1. The quantitative estimate of drug-likeness (QED) is 0.583. The number of aromatic nitrogens is 2. The number of amides is 1. The molecule has 156 valence electrons. The molecule has 1 unspecified atom stereocenters. The van der Waals surface area contributed by atoms with Crippen molar-refractivity contribution >= 4 is 28.6 Å². The number of aromatic amines is 1. The van der Waals surface area contributed by atoms with Crippen LogP contribution in [0.5, 0.6) is 0 Å². The van der Waals surface area contributed by atoms with Crippen LogP contribution in [-0.2, 0) is 11.2 Å². The number of hydrogen-bond donors (Lipinski definition) is 3. The fraction of sp³-hybridized carbons (Fsp3) is 0.348. The molecule has 0 saturated heterocycles. The number of fused-ring (bicyclic) bond motifs is 2. The van der Waals surface area contributed by atoms with Crippen molar-refractivity contribution in [3.05, 3.63) is 63.9 Å². The molecule has 0 aliphatic heterocycles. The predicted molar refractivity (Wildman–Crippen MR) is 118 cm³/mol. The molecule has 2 aromatic carbocycles. The van der Waals surface area contributed by atoms with Crippen molar-refractivity contribution in [1.29, 1.82) is 0 Å². The van der Waals surface area contributed by atoms with E-state index < -0.39 is 11.7 Å². The molecule has 1 amide bonds. The lowest BCUT2D eigenvalue weighted by Crippen LogP contribution is -2.27. The second-order valence-corrected chi connectivity index (χ2v) is 8.56. The van der Waals surface area contributed by atoms with Gasteiger partial charge in [-0.25, -0.2) is 9.78 Å². The highest BCUT2D eigenvalue weighted by atomic mass is 16.6. The summed E-state index contributed by atoms with van der Waals surface area (Å²) in [6.45, 7) is 5.50. The highest BCUT2D eigenvalue weighted by Gasteiger charge is 2.22. The third-order valence-corrected chi connectivity index (χ3v) is 5.03. The van der Waals surface area contributed by atoms with E-state index in [1.165, 1.54) is 0 Å². The van der Waals surface area contributed by atoms with Crippen molar-refractivity contribution in [3.63, 3.8) is 0 Å². The SMILES string of the molecule is CC(C)(C)OC(=O)Nc1ccc2c(c1)CCCC2Nc1nc2ccccc2c(=O)[nH]1. The maximum absolute atomic E-state index is 12.3. The summed E-state index contributed by atoms with van der Waals surface area (Å²) in [7, 11) is 0. The van der Waals surface area contributed by atoms with Gasteiger partial charge in [-0.05, 0) is 75.4 Å². The lowest BCUT2D eigenvalue weighted by molar-refractivity contribution is 0.0636. The average Bonchev–Trinajstić information content (AvgIpc) is 2.66. The Labute approximate surface area is 174 Å². The van der Waals surface area contributed by atoms with Crippen LogP contribution in [0.2, 0.25) is 0 Å². The van der Waals surface area contributed by atoms with Crippen LogP contribution in [-0.4, -0.2) is 21.7 Å². The summed E-state index contributed by atoms with van der Waals surface area (Å²) in [5.41, 5.74) is 2.98. The number of nitrogens with zero attached hydrogens (tertiary/aromatic N) is 1. The van der Waals surface area contributed by atoms with Gasteiger partial charge in [0.1, 0.15) is 5.60 Å². The molecule has 1 aliphatic rings. The monoisotopic (exact) mass is 406 g/mol. The molecule has 0 radical (unpaired) electrons. The molecule has 30 heavy (non-hydrogen) atoms. The van der Waals surface area contributed by atoms with E-state index in [9.17, 15) is 9.59 Å². The van der Waals surface area contributed by atoms with E-state index in [0.29, 0.717) is 22.5 Å². The first kappa shape index (κ1) is 19.9. The number of aryl methyl sites for hydroxylation is 1. The fourth-order valence-electron chi connectivity index (χ4n) is 3.78. The Morgan fingerprint density at radius 2 is 2.00 bits per heavy atom. The summed E-state index contributed by atoms with van der Waals surface area (Å²) in [5, 5.41) is 6.76. The second-order valence-electron chi connectivity index (χ2n) is 8.56. The van der Waals surface area contributed by atoms with Crippen LogP contribution < -0.4 is 16.2 Å². The van der Waals surface area contributed by atoms with Gasteiger partial charge in [0.2, 0.25) is 5.95 Å². The summed E-state index contributed by atoms with van der Waals surface area (Å²) in [6, 6.07) is 13.2. The molecule has 0 saturated carbocycles. The van der Waals surface area contributed by atoms with E-state index in [4.69, 9.17) is 4.74 Å². The third-order valence-electron chi connectivity index (χ3n) is 5.03. The van der Waals surface area contributed by atoms with Gasteiger partial charge in [0.05, 0.1) is 16.9 Å². The van der Waals surface area contributed by atoms with E-state index in [0.717, 1.165) is 30.4 Å². The van der Waals surface area contributed by atoms with E-state index in [-0.39, 0.29) is 11.6 Å². The Hall–Kier alpha value is -3.35. The highest BCUT2D eigenvalue weighted by Crippen LogP contribution is 2.33. The largest absolute Gasteiger partial charge is 0.444 e. The fourth-order valence-corrected chi connectivity index (χ4v) is 3.78. The zero-order valence-electron chi connectivity index (χ0n) is 17.4. The first-order chi connectivity index (χ1) is 14.3. The minimum absolute atomic E-state index is 0.0358. The molecular weight excluding hydrogens is 380 g/mol. The Morgan fingerprint density at radius 1 is 1.20 bits per heavy atom. The van der Waals surface area contributed by atoms with Gasteiger partial charge in [-0.2, -0.15) is 0 Å². The van der Waals surface area contributed by atoms with Gasteiger partial charge in [0.25, 0.3) is 5.56 Å². The number of hydrogen-bond acceptors (Lipinski definition) is 5. The number of benzene rings is 2. The Kier molecular flexibility index (Phi) is 5.20. The Bertz CT molecular complexity index is 1150. The van der Waals surface area contributed by atoms with Crippen molar-refractivity contribution in [1.82, 2.24) is 9.97 Å². The number of para-hydroxylation sites is 1. The summed E-state index contributed by atoms with van der Waals surface area (Å²) in [5.74, 6) is 0.465. The number of anilines is 2. The molecular formula is C23H26N4O3. The molecule has 3 aromatic rings.